The molecule has 1 N–H and O–H groups in total. The fourth-order valence-electron chi connectivity index (χ4n) is 1.08. The maximum Gasteiger partial charge on any atom is 0.301 e. The number of anilines is 1. The summed E-state index contributed by atoms with van der Waals surface area (Å²) < 4.78 is 5.75. The van der Waals surface area contributed by atoms with Gasteiger partial charge in [0.15, 0.2) is 0 Å². The van der Waals surface area contributed by atoms with Crippen molar-refractivity contribution in [2.75, 3.05) is 5.32 Å². The Hall–Kier alpha value is -1.62. The summed E-state index contributed by atoms with van der Waals surface area (Å²) in [6.07, 6.45) is 2.87. The Morgan fingerprint density at radius 3 is 3.00 bits per heavy atom. The molecule has 0 aliphatic heterocycles. The number of hydrogen-bond donors (Lipinski definition) is 1. The molecule has 1 amide bonds. The van der Waals surface area contributed by atoms with E-state index in [4.69, 9.17) is 4.42 Å². The van der Waals surface area contributed by atoms with Crippen LogP contribution in [0.1, 0.15) is 10.4 Å². The molecule has 0 bridgehead atoms. The number of nitrogens with one attached hydrogen (secondary N) is 1. The molecular formula is C10H7BrN2O2. The Morgan fingerprint density at radius 1 is 1.47 bits per heavy atom. The predicted octanol–water partition coefficient (Wildman–Crippen LogP) is 2.69. The molecule has 4 nitrogen and oxygen atoms in total. The van der Waals surface area contributed by atoms with Crippen molar-refractivity contribution >= 4 is 27.9 Å². The molecule has 0 saturated carbocycles. The van der Waals surface area contributed by atoms with Crippen molar-refractivity contribution in [3.63, 3.8) is 0 Å². The van der Waals surface area contributed by atoms with Crippen molar-refractivity contribution in [2.45, 2.75) is 0 Å². The highest BCUT2D eigenvalue weighted by molar-refractivity contribution is 9.10. The lowest BCUT2D eigenvalue weighted by Gasteiger charge is -2.00. The molecule has 76 valence electrons. The first kappa shape index (κ1) is 9.92. The first-order valence-electron chi connectivity index (χ1n) is 4.22. The number of rotatable bonds is 2. The van der Waals surface area contributed by atoms with Gasteiger partial charge in [0.25, 0.3) is 5.91 Å². The second kappa shape index (κ2) is 4.27. The van der Waals surface area contributed by atoms with Gasteiger partial charge in [-0.1, -0.05) is 22.0 Å². The zero-order valence-electron chi connectivity index (χ0n) is 7.61. The predicted molar refractivity (Wildman–Crippen MR) is 58.6 cm³/mol. The minimum atomic E-state index is -0.251. The summed E-state index contributed by atoms with van der Waals surface area (Å²) in [5.41, 5.74) is 0.544. The average Bonchev–Trinajstić information content (AvgIpc) is 2.70. The molecule has 2 aromatic rings. The van der Waals surface area contributed by atoms with Crippen LogP contribution in [0.5, 0.6) is 0 Å². The van der Waals surface area contributed by atoms with Crippen LogP contribution in [0, 0.1) is 0 Å². The molecule has 0 radical (unpaired) electrons. The van der Waals surface area contributed by atoms with Crippen LogP contribution in [-0.2, 0) is 0 Å². The van der Waals surface area contributed by atoms with Gasteiger partial charge in [-0.25, -0.2) is 4.98 Å². The number of oxazole rings is 1. The first-order valence-corrected chi connectivity index (χ1v) is 5.01. The quantitative estimate of drug-likeness (QED) is 0.910. The molecule has 0 aliphatic carbocycles. The number of amides is 1. The maximum atomic E-state index is 11.6. The zero-order valence-corrected chi connectivity index (χ0v) is 9.19. The molecule has 1 aromatic heterocycles. The monoisotopic (exact) mass is 266 g/mol. The summed E-state index contributed by atoms with van der Waals surface area (Å²) in [4.78, 5) is 15.4. The van der Waals surface area contributed by atoms with Crippen molar-refractivity contribution in [1.82, 2.24) is 4.98 Å². The summed E-state index contributed by atoms with van der Waals surface area (Å²) in [6, 6.07) is 7.26. The zero-order chi connectivity index (χ0) is 10.7. The van der Waals surface area contributed by atoms with Crippen LogP contribution in [0.2, 0.25) is 0 Å². The first-order chi connectivity index (χ1) is 7.25. The summed E-state index contributed by atoms with van der Waals surface area (Å²) in [7, 11) is 0. The third-order valence-electron chi connectivity index (χ3n) is 1.74. The minimum absolute atomic E-state index is 0.194. The lowest BCUT2D eigenvalue weighted by Crippen LogP contribution is -2.11. The van der Waals surface area contributed by atoms with Gasteiger partial charge in [0.2, 0.25) is 0 Å². The molecule has 1 heterocycles. The molecule has 0 fully saturated rings. The van der Waals surface area contributed by atoms with Gasteiger partial charge >= 0.3 is 6.01 Å². The third kappa shape index (κ3) is 2.44. The number of carbonyl (C=O) groups is 1. The Labute approximate surface area is 94.4 Å². The van der Waals surface area contributed by atoms with Gasteiger partial charge in [-0.15, -0.1) is 0 Å². The number of hydrogen-bond acceptors (Lipinski definition) is 3. The molecule has 0 spiro atoms. The summed E-state index contributed by atoms with van der Waals surface area (Å²) >= 11 is 3.29. The van der Waals surface area contributed by atoms with Crippen molar-refractivity contribution in [1.29, 1.82) is 0 Å². The number of halogens is 1. The normalized spacial score (nSPS) is 9.93. The van der Waals surface area contributed by atoms with Crippen LogP contribution in [-0.4, -0.2) is 10.9 Å². The average molecular weight is 267 g/mol. The van der Waals surface area contributed by atoms with Gasteiger partial charge in [-0.3, -0.25) is 10.1 Å². The molecule has 1 aromatic carbocycles. The number of benzene rings is 1. The molecular weight excluding hydrogens is 260 g/mol. The second-order valence-electron chi connectivity index (χ2n) is 2.80. The fourth-order valence-corrected chi connectivity index (χ4v) is 1.48. The van der Waals surface area contributed by atoms with Gasteiger partial charge in [-0.05, 0) is 18.2 Å². The minimum Gasteiger partial charge on any atom is -0.432 e. The second-order valence-corrected chi connectivity index (χ2v) is 3.72. The third-order valence-corrected chi connectivity index (χ3v) is 2.23. The number of nitrogens with zero attached hydrogens (tertiary/aromatic N) is 1. The van der Waals surface area contributed by atoms with Crippen molar-refractivity contribution in [3.05, 3.63) is 46.8 Å². The summed E-state index contributed by atoms with van der Waals surface area (Å²) in [5.74, 6) is -0.251. The van der Waals surface area contributed by atoms with Crippen LogP contribution < -0.4 is 5.32 Å². The molecule has 0 atom stereocenters. The van der Waals surface area contributed by atoms with Gasteiger partial charge < -0.3 is 4.42 Å². The molecule has 0 unspecified atom stereocenters. The topological polar surface area (TPSA) is 55.1 Å². The van der Waals surface area contributed by atoms with Crippen molar-refractivity contribution in [3.8, 4) is 0 Å². The van der Waals surface area contributed by atoms with Gasteiger partial charge in [0.05, 0.1) is 6.20 Å². The molecule has 0 aliphatic rings. The molecule has 15 heavy (non-hydrogen) atoms. The Kier molecular flexibility index (Phi) is 2.82. The summed E-state index contributed by atoms with van der Waals surface area (Å²) in [5, 5.41) is 2.53. The van der Waals surface area contributed by atoms with Crippen LogP contribution in [0.15, 0.2) is 45.6 Å². The number of aromatic nitrogens is 1. The van der Waals surface area contributed by atoms with Gasteiger partial charge in [-0.2, -0.15) is 0 Å². The van der Waals surface area contributed by atoms with Crippen LogP contribution >= 0.6 is 15.9 Å². The van der Waals surface area contributed by atoms with E-state index in [-0.39, 0.29) is 11.9 Å². The highest BCUT2D eigenvalue weighted by Gasteiger charge is 2.07. The molecule has 5 heteroatoms. The van der Waals surface area contributed by atoms with Crippen LogP contribution in [0.3, 0.4) is 0 Å². The fraction of sp³-hybridized carbons (Fsp3) is 0. The maximum absolute atomic E-state index is 11.6. The van der Waals surface area contributed by atoms with Gasteiger partial charge in [0.1, 0.15) is 6.26 Å². The Morgan fingerprint density at radius 2 is 2.33 bits per heavy atom. The Bertz CT molecular complexity index is 468. The highest BCUT2D eigenvalue weighted by atomic mass is 79.9. The highest BCUT2D eigenvalue weighted by Crippen LogP contribution is 2.13. The smallest absolute Gasteiger partial charge is 0.301 e. The largest absolute Gasteiger partial charge is 0.432 e. The lowest BCUT2D eigenvalue weighted by molar-refractivity contribution is 0.102. The number of carbonyl (C=O) groups excluding carboxylic acids is 1. The Balaban J connectivity index is 2.15. The lowest BCUT2D eigenvalue weighted by atomic mass is 10.2. The van der Waals surface area contributed by atoms with E-state index in [2.05, 4.69) is 26.2 Å². The van der Waals surface area contributed by atoms with Crippen molar-refractivity contribution in [2.24, 2.45) is 0 Å². The van der Waals surface area contributed by atoms with E-state index in [1.54, 1.807) is 18.2 Å². The summed E-state index contributed by atoms with van der Waals surface area (Å²) in [6.45, 7) is 0. The van der Waals surface area contributed by atoms with Crippen LogP contribution in [0.4, 0.5) is 6.01 Å². The molecule has 2 rings (SSSR count). The van der Waals surface area contributed by atoms with E-state index in [1.165, 1.54) is 12.5 Å². The van der Waals surface area contributed by atoms with Gasteiger partial charge in [0, 0.05) is 10.0 Å². The van der Waals surface area contributed by atoms with E-state index < -0.39 is 0 Å². The van der Waals surface area contributed by atoms with Crippen molar-refractivity contribution < 1.29 is 9.21 Å². The molecule has 0 saturated heterocycles. The van der Waals surface area contributed by atoms with Crippen LogP contribution in [0.25, 0.3) is 0 Å². The van der Waals surface area contributed by atoms with E-state index in [0.717, 1.165) is 4.47 Å². The standard InChI is InChI=1S/C10H7BrN2O2/c11-8-3-1-2-7(6-8)9(14)13-10-12-4-5-15-10/h1-6H,(H,12,13,14). The van der Waals surface area contributed by atoms with E-state index >= 15 is 0 Å². The van der Waals surface area contributed by atoms with E-state index in [1.807, 2.05) is 6.07 Å². The SMILES string of the molecule is O=C(Nc1ncco1)c1cccc(Br)c1. The van der Waals surface area contributed by atoms with E-state index in [0.29, 0.717) is 5.56 Å². The van der Waals surface area contributed by atoms with E-state index in [9.17, 15) is 4.79 Å².